The topological polar surface area (TPSA) is 59.8 Å². The van der Waals surface area contributed by atoms with E-state index in [0.29, 0.717) is 26.3 Å². The minimum atomic E-state index is -0.292. The molecule has 2 heterocycles. The average molecular weight is 403 g/mol. The van der Waals surface area contributed by atoms with Gasteiger partial charge in [-0.1, -0.05) is 35.3 Å². The first kappa shape index (κ1) is 17.0. The minimum absolute atomic E-state index is 0.292. The number of hydrogen-bond acceptors (Lipinski definition) is 4. The van der Waals surface area contributed by atoms with Crippen LogP contribution in [0.5, 0.6) is 0 Å². The van der Waals surface area contributed by atoms with E-state index >= 15 is 0 Å². The molecule has 2 aromatic heterocycles. The van der Waals surface area contributed by atoms with E-state index in [-0.39, 0.29) is 5.91 Å². The summed E-state index contributed by atoms with van der Waals surface area (Å²) in [7, 11) is 0. The molecule has 0 aliphatic heterocycles. The van der Waals surface area contributed by atoms with Gasteiger partial charge in [0.15, 0.2) is 0 Å². The number of halogens is 2. The standard InChI is InChI=1S/C18H12Cl2N4OS/c1-10-3-2-4-14-15(10)16(20)17(26-14)18(25)23-12-7-11(19)5-6-13(12)24-9-21-8-22-24/h2-9H,1H3,(H,23,25). The molecule has 0 saturated carbocycles. The zero-order valence-corrected chi connectivity index (χ0v) is 15.9. The fourth-order valence-electron chi connectivity index (χ4n) is 2.74. The van der Waals surface area contributed by atoms with Gasteiger partial charge in [0.1, 0.15) is 17.5 Å². The van der Waals surface area contributed by atoms with Crippen LogP contribution in [0.2, 0.25) is 10.0 Å². The van der Waals surface area contributed by atoms with Crippen LogP contribution in [0.25, 0.3) is 15.8 Å². The van der Waals surface area contributed by atoms with Gasteiger partial charge in [-0.25, -0.2) is 9.67 Å². The van der Waals surface area contributed by atoms with Crippen molar-refractivity contribution < 1.29 is 4.79 Å². The van der Waals surface area contributed by atoms with Gasteiger partial charge in [-0.3, -0.25) is 4.79 Å². The number of fused-ring (bicyclic) bond motifs is 1. The first-order valence-corrected chi connectivity index (χ1v) is 9.25. The first-order valence-electron chi connectivity index (χ1n) is 7.68. The number of rotatable bonds is 3. The number of aryl methyl sites for hydroxylation is 1. The van der Waals surface area contributed by atoms with Gasteiger partial charge in [0, 0.05) is 15.1 Å². The van der Waals surface area contributed by atoms with Crippen molar-refractivity contribution in [2.45, 2.75) is 6.92 Å². The van der Waals surface area contributed by atoms with Crippen LogP contribution in [0, 0.1) is 6.92 Å². The Bertz CT molecular complexity index is 1120. The van der Waals surface area contributed by atoms with E-state index in [1.165, 1.54) is 17.7 Å². The molecule has 0 radical (unpaired) electrons. The van der Waals surface area contributed by atoms with Gasteiger partial charge in [0.2, 0.25) is 0 Å². The van der Waals surface area contributed by atoms with E-state index in [4.69, 9.17) is 23.2 Å². The third-order valence-electron chi connectivity index (χ3n) is 3.94. The highest BCUT2D eigenvalue weighted by atomic mass is 35.5. The van der Waals surface area contributed by atoms with Crippen LogP contribution >= 0.6 is 34.5 Å². The molecule has 5 nitrogen and oxygen atoms in total. The number of nitrogens with one attached hydrogen (secondary N) is 1. The van der Waals surface area contributed by atoms with Gasteiger partial charge in [-0.05, 0) is 36.8 Å². The van der Waals surface area contributed by atoms with Gasteiger partial charge in [0.05, 0.1) is 16.4 Å². The lowest BCUT2D eigenvalue weighted by atomic mass is 10.1. The molecule has 26 heavy (non-hydrogen) atoms. The summed E-state index contributed by atoms with van der Waals surface area (Å²) in [6, 6.07) is 11.0. The van der Waals surface area contributed by atoms with Crippen molar-refractivity contribution in [3.63, 3.8) is 0 Å². The van der Waals surface area contributed by atoms with Crippen LogP contribution in [-0.4, -0.2) is 20.7 Å². The number of carbonyl (C=O) groups excluding carboxylic acids is 1. The summed E-state index contributed by atoms with van der Waals surface area (Å²) in [4.78, 5) is 17.3. The molecule has 1 amide bonds. The Hall–Kier alpha value is -2.41. The summed E-state index contributed by atoms with van der Waals surface area (Å²) in [6.07, 6.45) is 2.97. The lowest BCUT2D eigenvalue weighted by Gasteiger charge is -2.11. The Labute approximate surface area is 163 Å². The number of amides is 1. The Morgan fingerprint density at radius 1 is 1.23 bits per heavy atom. The lowest BCUT2D eigenvalue weighted by Crippen LogP contribution is -2.13. The SMILES string of the molecule is Cc1cccc2sc(C(=O)Nc3cc(Cl)ccc3-n3cncn3)c(Cl)c12. The van der Waals surface area contributed by atoms with E-state index in [0.717, 1.165) is 15.6 Å². The fourth-order valence-corrected chi connectivity index (χ4v) is 4.49. The number of thiophene rings is 1. The second-order valence-corrected chi connectivity index (χ2v) is 7.52. The van der Waals surface area contributed by atoms with Crippen LogP contribution in [-0.2, 0) is 0 Å². The van der Waals surface area contributed by atoms with Crippen molar-refractivity contribution >= 4 is 56.2 Å². The maximum atomic E-state index is 12.9. The molecule has 0 atom stereocenters. The maximum Gasteiger partial charge on any atom is 0.267 e. The third kappa shape index (κ3) is 2.96. The van der Waals surface area contributed by atoms with E-state index in [1.807, 2.05) is 25.1 Å². The van der Waals surface area contributed by atoms with Crippen molar-refractivity contribution in [2.75, 3.05) is 5.32 Å². The Morgan fingerprint density at radius 3 is 2.81 bits per heavy atom. The molecule has 0 unspecified atom stereocenters. The molecular formula is C18H12Cl2N4OS. The largest absolute Gasteiger partial charge is 0.319 e. The molecule has 130 valence electrons. The highest BCUT2D eigenvalue weighted by molar-refractivity contribution is 7.21. The van der Waals surface area contributed by atoms with E-state index in [9.17, 15) is 4.79 Å². The van der Waals surface area contributed by atoms with Crippen molar-refractivity contribution in [3.8, 4) is 5.69 Å². The number of benzene rings is 2. The predicted octanol–water partition coefficient (Wildman–Crippen LogP) is 5.35. The monoisotopic (exact) mass is 402 g/mol. The van der Waals surface area contributed by atoms with Gasteiger partial charge < -0.3 is 5.32 Å². The summed E-state index contributed by atoms with van der Waals surface area (Å²) in [5.74, 6) is -0.292. The second-order valence-electron chi connectivity index (χ2n) is 5.65. The van der Waals surface area contributed by atoms with E-state index in [1.54, 1.807) is 29.2 Å². The second kappa shape index (κ2) is 6.72. The lowest BCUT2D eigenvalue weighted by molar-refractivity contribution is 0.103. The van der Waals surface area contributed by atoms with Crippen LogP contribution < -0.4 is 5.32 Å². The first-order chi connectivity index (χ1) is 12.5. The highest BCUT2D eigenvalue weighted by Gasteiger charge is 2.20. The molecule has 0 aliphatic rings. The van der Waals surface area contributed by atoms with Crippen molar-refractivity contribution in [1.82, 2.24) is 14.8 Å². The highest BCUT2D eigenvalue weighted by Crippen LogP contribution is 2.38. The smallest absolute Gasteiger partial charge is 0.267 e. The molecule has 0 fully saturated rings. The van der Waals surface area contributed by atoms with Gasteiger partial charge in [-0.15, -0.1) is 11.3 Å². The van der Waals surface area contributed by atoms with E-state index in [2.05, 4.69) is 15.4 Å². The van der Waals surface area contributed by atoms with Gasteiger partial charge in [-0.2, -0.15) is 5.10 Å². The Balaban J connectivity index is 1.75. The molecule has 1 N–H and O–H groups in total. The van der Waals surface area contributed by atoms with Crippen LogP contribution in [0.15, 0.2) is 49.1 Å². The van der Waals surface area contributed by atoms with Gasteiger partial charge in [0.25, 0.3) is 5.91 Å². The molecule has 0 saturated heterocycles. The van der Waals surface area contributed by atoms with Crippen LogP contribution in [0.1, 0.15) is 15.2 Å². The van der Waals surface area contributed by atoms with Crippen molar-refractivity contribution in [1.29, 1.82) is 0 Å². The molecular weight excluding hydrogens is 391 g/mol. The Kier molecular flexibility index (Phi) is 4.40. The van der Waals surface area contributed by atoms with Crippen LogP contribution in [0.3, 0.4) is 0 Å². The summed E-state index contributed by atoms with van der Waals surface area (Å²) in [5, 5.41) is 8.87. The summed E-state index contributed by atoms with van der Waals surface area (Å²) in [5.41, 5.74) is 2.22. The Morgan fingerprint density at radius 2 is 2.08 bits per heavy atom. The van der Waals surface area contributed by atoms with Crippen LogP contribution in [0.4, 0.5) is 5.69 Å². The number of nitrogens with zero attached hydrogens (tertiary/aromatic N) is 3. The van der Waals surface area contributed by atoms with Crippen molar-refractivity contribution in [3.05, 3.63) is 69.5 Å². The normalized spacial score (nSPS) is 11.0. The molecule has 0 aliphatic carbocycles. The molecule has 2 aromatic carbocycles. The minimum Gasteiger partial charge on any atom is -0.319 e. The summed E-state index contributed by atoms with van der Waals surface area (Å²) >= 11 is 14.0. The predicted molar refractivity (Wildman–Crippen MR) is 106 cm³/mol. The third-order valence-corrected chi connectivity index (χ3v) is 5.82. The number of carbonyl (C=O) groups is 1. The van der Waals surface area contributed by atoms with E-state index < -0.39 is 0 Å². The zero-order chi connectivity index (χ0) is 18.3. The van der Waals surface area contributed by atoms with Gasteiger partial charge >= 0.3 is 0 Å². The molecule has 0 bridgehead atoms. The molecule has 0 spiro atoms. The summed E-state index contributed by atoms with van der Waals surface area (Å²) in [6.45, 7) is 1.97. The zero-order valence-electron chi connectivity index (χ0n) is 13.5. The maximum absolute atomic E-state index is 12.9. The number of hydrogen-bond donors (Lipinski definition) is 1. The molecule has 4 rings (SSSR count). The quantitative estimate of drug-likeness (QED) is 0.502. The number of anilines is 1. The fraction of sp³-hybridized carbons (Fsp3) is 0.0556. The summed E-state index contributed by atoms with van der Waals surface area (Å²) < 4.78 is 2.53. The molecule has 8 heteroatoms. The number of aromatic nitrogens is 3. The average Bonchev–Trinajstić information content (AvgIpc) is 3.24. The molecule has 4 aromatic rings. The van der Waals surface area contributed by atoms with Crippen molar-refractivity contribution in [2.24, 2.45) is 0 Å².